The number of nitrogens with two attached hydrogens (primary N) is 1. The van der Waals surface area contributed by atoms with Gasteiger partial charge in [0, 0.05) is 17.8 Å². The minimum Gasteiger partial charge on any atom is -0.496 e. The van der Waals surface area contributed by atoms with Gasteiger partial charge in [0.1, 0.15) is 22.6 Å². The molecule has 0 aliphatic rings. The molecule has 2 aromatic rings. The average molecular weight is 392 g/mol. The van der Waals surface area contributed by atoms with Gasteiger partial charge in [-0.2, -0.15) is 0 Å². The van der Waals surface area contributed by atoms with Crippen LogP contribution in [0, 0.1) is 10.1 Å². The number of non-ortho nitro benzene ring substituents is 1. The average Bonchev–Trinajstić information content (AvgIpc) is 2.72. The molecule has 0 aliphatic heterocycles. The van der Waals surface area contributed by atoms with Crippen molar-refractivity contribution in [3.63, 3.8) is 0 Å². The first kappa shape index (κ1) is 22.2. The van der Waals surface area contributed by atoms with Crippen LogP contribution in [-0.4, -0.2) is 45.3 Å². The normalized spacial score (nSPS) is 9.43. The summed E-state index contributed by atoms with van der Waals surface area (Å²) in [6.07, 6.45) is 0. The van der Waals surface area contributed by atoms with Crippen LogP contribution >= 0.6 is 0 Å². The van der Waals surface area contributed by atoms with Gasteiger partial charge in [-0.1, -0.05) is 0 Å². The third-order valence-corrected chi connectivity index (χ3v) is 3.43. The van der Waals surface area contributed by atoms with Crippen LogP contribution in [0.3, 0.4) is 0 Å². The number of benzene rings is 2. The smallest absolute Gasteiger partial charge is 0.341 e. The number of rotatable bonds is 5. The molecule has 2 rings (SSSR count). The Kier molecular flexibility index (Phi) is 8.22. The van der Waals surface area contributed by atoms with E-state index in [2.05, 4.69) is 9.47 Å². The summed E-state index contributed by atoms with van der Waals surface area (Å²) in [4.78, 5) is 32.3. The van der Waals surface area contributed by atoms with Crippen molar-refractivity contribution >= 4 is 23.3 Å². The van der Waals surface area contributed by atoms with E-state index in [9.17, 15) is 19.7 Å². The van der Waals surface area contributed by atoms with Crippen LogP contribution in [0.15, 0.2) is 36.4 Å². The summed E-state index contributed by atoms with van der Waals surface area (Å²) in [5.74, 6) is -0.423. The van der Waals surface area contributed by atoms with E-state index in [0.717, 1.165) is 6.07 Å². The van der Waals surface area contributed by atoms with Crippen molar-refractivity contribution in [2.24, 2.45) is 0 Å². The third kappa shape index (κ3) is 5.59. The maximum atomic E-state index is 11.2. The minimum atomic E-state index is -0.671. The number of hydrogen-bond acceptors (Lipinski definition) is 9. The Morgan fingerprint density at radius 2 is 1.32 bits per heavy atom. The summed E-state index contributed by atoms with van der Waals surface area (Å²) in [5, 5.41) is 10.5. The van der Waals surface area contributed by atoms with Crippen molar-refractivity contribution in [3.8, 4) is 11.5 Å². The lowest BCUT2D eigenvalue weighted by molar-refractivity contribution is -0.384. The predicted octanol–water partition coefficient (Wildman–Crippen LogP) is 2.45. The summed E-state index contributed by atoms with van der Waals surface area (Å²) in [6, 6.07) is 8.53. The fraction of sp³-hybridized carbons (Fsp3) is 0.222. The molecule has 10 nitrogen and oxygen atoms in total. The first-order chi connectivity index (χ1) is 13.3. The number of ether oxygens (including phenoxy) is 4. The quantitative estimate of drug-likeness (QED) is 0.351. The van der Waals surface area contributed by atoms with Gasteiger partial charge in [0.15, 0.2) is 0 Å². The molecule has 28 heavy (non-hydrogen) atoms. The van der Waals surface area contributed by atoms with Gasteiger partial charge in [-0.25, -0.2) is 9.59 Å². The molecule has 0 radical (unpaired) electrons. The number of nitrogens with zero attached hydrogens (tertiary/aromatic N) is 1. The van der Waals surface area contributed by atoms with Gasteiger partial charge < -0.3 is 24.7 Å². The SMILES string of the molecule is COC(=O)c1cc(N)ccc1OC.COC(=O)c1cc([N+](=O)[O-])ccc1OC. The third-order valence-electron chi connectivity index (χ3n) is 3.43. The van der Waals surface area contributed by atoms with Crippen LogP contribution < -0.4 is 15.2 Å². The minimum absolute atomic E-state index is 0.0363. The van der Waals surface area contributed by atoms with Crippen LogP contribution in [-0.2, 0) is 9.47 Å². The van der Waals surface area contributed by atoms with Crippen LogP contribution in [0.1, 0.15) is 20.7 Å². The Morgan fingerprint density at radius 1 is 0.857 bits per heavy atom. The van der Waals surface area contributed by atoms with Gasteiger partial charge in [0.2, 0.25) is 0 Å². The molecule has 2 aromatic carbocycles. The van der Waals surface area contributed by atoms with E-state index < -0.39 is 16.9 Å². The topological polar surface area (TPSA) is 140 Å². The number of hydrogen-bond donors (Lipinski definition) is 1. The van der Waals surface area contributed by atoms with Crippen LogP contribution in [0.5, 0.6) is 11.5 Å². The molecule has 2 N–H and O–H groups in total. The van der Waals surface area contributed by atoms with Crippen molar-refractivity contribution in [1.82, 2.24) is 0 Å². The number of nitro groups is 1. The highest BCUT2D eigenvalue weighted by atomic mass is 16.6. The molecule has 10 heteroatoms. The van der Waals surface area contributed by atoms with Crippen molar-refractivity contribution < 1.29 is 33.5 Å². The van der Waals surface area contributed by atoms with Gasteiger partial charge in [-0.05, 0) is 24.3 Å². The number of esters is 2. The Morgan fingerprint density at radius 3 is 1.75 bits per heavy atom. The molecule has 0 unspecified atom stereocenters. The lowest BCUT2D eigenvalue weighted by Crippen LogP contribution is -2.04. The largest absolute Gasteiger partial charge is 0.496 e. The highest BCUT2D eigenvalue weighted by molar-refractivity contribution is 5.93. The molecule has 0 aromatic heterocycles. The summed E-state index contributed by atoms with van der Waals surface area (Å²) < 4.78 is 18.9. The number of methoxy groups -OCH3 is 4. The summed E-state index contributed by atoms with van der Waals surface area (Å²) in [7, 11) is 5.36. The van der Waals surface area contributed by atoms with Crippen LogP contribution in [0.2, 0.25) is 0 Å². The molecule has 150 valence electrons. The van der Waals surface area contributed by atoms with E-state index in [4.69, 9.17) is 15.2 Å². The predicted molar refractivity (Wildman–Crippen MR) is 99.7 cm³/mol. The van der Waals surface area contributed by atoms with Gasteiger partial charge in [0.25, 0.3) is 5.69 Å². The van der Waals surface area contributed by atoms with Crippen LogP contribution in [0.4, 0.5) is 11.4 Å². The molecule has 0 saturated carbocycles. The monoisotopic (exact) mass is 392 g/mol. The maximum absolute atomic E-state index is 11.2. The van der Waals surface area contributed by atoms with E-state index in [1.54, 1.807) is 12.1 Å². The van der Waals surface area contributed by atoms with E-state index in [1.807, 2.05) is 0 Å². The highest BCUT2D eigenvalue weighted by Crippen LogP contribution is 2.24. The molecular weight excluding hydrogens is 372 g/mol. The van der Waals surface area contributed by atoms with E-state index in [1.165, 1.54) is 46.6 Å². The Bertz CT molecular complexity index is 867. The number of carbonyl (C=O) groups is 2. The van der Waals surface area contributed by atoms with Gasteiger partial charge >= 0.3 is 11.9 Å². The first-order valence-electron chi connectivity index (χ1n) is 7.71. The molecular formula is C18H20N2O8. The van der Waals surface area contributed by atoms with E-state index >= 15 is 0 Å². The van der Waals surface area contributed by atoms with Crippen molar-refractivity contribution in [2.75, 3.05) is 34.2 Å². The molecule has 0 atom stereocenters. The van der Waals surface area contributed by atoms with Crippen LogP contribution in [0.25, 0.3) is 0 Å². The second-order valence-electron chi connectivity index (χ2n) is 5.08. The summed E-state index contributed by atoms with van der Waals surface area (Å²) in [6.45, 7) is 0. The van der Waals surface area contributed by atoms with E-state index in [0.29, 0.717) is 17.0 Å². The molecule has 0 bridgehead atoms. The number of carbonyl (C=O) groups excluding carboxylic acids is 2. The lowest BCUT2D eigenvalue weighted by Gasteiger charge is -2.06. The van der Waals surface area contributed by atoms with Gasteiger partial charge in [-0.15, -0.1) is 0 Å². The van der Waals surface area contributed by atoms with Gasteiger partial charge in [-0.3, -0.25) is 10.1 Å². The van der Waals surface area contributed by atoms with Crippen molar-refractivity contribution in [1.29, 1.82) is 0 Å². The molecule has 0 amide bonds. The molecule has 0 spiro atoms. The number of anilines is 1. The number of nitrogen functional groups attached to an aromatic ring is 1. The van der Waals surface area contributed by atoms with Gasteiger partial charge in [0.05, 0.1) is 33.4 Å². The zero-order valence-electron chi connectivity index (χ0n) is 15.8. The lowest BCUT2D eigenvalue weighted by atomic mass is 10.2. The first-order valence-corrected chi connectivity index (χ1v) is 7.71. The maximum Gasteiger partial charge on any atom is 0.341 e. The summed E-state index contributed by atoms with van der Waals surface area (Å²) >= 11 is 0. The molecule has 0 saturated heterocycles. The summed E-state index contributed by atoms with van der Waals surface area (Å²) in [5.41, 5.74) is 6.20. The second-order valence-corrected chi connectivity index (χ2v) is 5.08. The Labute approximate surface area is 160 Å². The van der Waals surface area contributed by atoms with Crippen molar-refractivity contribution in [2.45, 2.75) is 0 Å². The fourth-order valence-electron chi connectivity index (χ4n) is 2.07. The zero-order chi connectivity index (χ0) is 21.3. The molecule has 0 heterocycles. The fourth-order valence-corrected chi connectivity index (χ4v) is 2.07. The Hall–Kier alpha value is -3.82. The highest BCUT2D eigenvalue weighted by Gasteiger charge is 2.17. The molecule has 0 fully saturated rings. The van der Waals surface area contributed by atoms with E-state index in [-0.39, 0.29) is 17.0 Å². The zero-order valence-corrected chi connectivity index (χ0v) is 15.8. The second kappa shape index (κ2) is 10.4. The Balaban J connectivity index is 0.000000283. The molecule has 0 aliphatic carbocycles. The number of nitro benzene ring substituents is 1. The van der Waals surface area contributed by atoms with Crippen molar-refractivity contribution in [3.05, 3.63) is 57.6 Å². The standard InChI is InChI=1S/C9H9NO5.C9H11NO3/c1-14-8-4-3-6(10(12)13)5-7(8)9(11)15-2;1-12-8-4-3-6(10)5-7(8)9(11)13-2/h3-5H,1-2H3;3-5H,10H2,1-2H3.